The fourth-order valence-corrected chi connectivity index (χ4v) is 4.65. The molecule has 0 aromatic heterocycles. The van der Waals surface area contributed by atoms with Crippen molar-refractivity contribution in [2.45, 2.75) is 161 Å². The van der Waals surface area contributed by atoms with Crippen molar-refractivity contribution in [3.8, 4) is 0 Å². The van der Waals surface area contributed by atoms with Crippen LogP contribution in [0.4, 0.5) is 0 Å². The van der Waals surface area contributed by atoms with Gasteiger partial charge in [0.25, 0.3) is 0 Å². The predicted molar refractivity (Wildman–Crippen MR) is 187 cm³/mol. The van der Waals surface area contributed by atoms with E-state index in [1.807, 2.05) is 0 Å². The maximum Gasteiger partial charge on any atom is 0.306 e. The van der Waals surface area contributed by atoms with Crippen molar-refractivity contribution in [3.05, 3.63) is 60.8 Å². The van der Waals surface area contributed by atoms with Crippen LogP contribution in [0.1, 0.15) is 155 Å². The van der Waals surface area contributed by atoms with E-state index in [0.29, 0.717) is 19.3 Å². The highest BCUT2D eigenvalue weighted by molar-refractivity contribution is 5.70. The predicted octanol–water partition coefficient (Wildman–Crippen LogP) is 10.8. The van der Waals surface area contributed by atoms with Crippen LogP contribution in [0, 0.1) is 0 Å². The number of carbonyl (C=O) groups is 2. The van der Waals surface area contributed by atoms with Crippen LogP contribution in [0.3, 0.4) is 0 Å². The third kappa shape index (κ3) is 32.5. The Kier molecular flexibility index (Phi) is 33.2. The SMILES string of the molecule is CCC=CCC=CCC=CCC=CCC=CCCCC(=O)OC[C@H](CO)OC(=O)CCCCCCCCCCCCCCC. The van der Waals surface area contributed by atoms with Crippen molar-refractivity contribution in [2.75, 3.05) is 13.2 Å². The lowest BCUT2D eigenvalue weighted by Crippen LogP contribution is -2.28. The zero-order valence-corrected chi connectivity index (χ0v) is 28.4. The first-order valence-electron chi connectivity index (χ1n) is 17.8. The Labute approximate surface area is 271 Å². The second-order valence-electron chi connectivity index (χ2n) is 11.6. The summed E-state index contributed by atoms with van der Waals surface area (Å²) in [5, 5.41) is 9.51. The Bertz CT molecular complexity index is 792. The second kappa shape index (κ2) is 35.1. The molecule has 252 valence electrons. The van der Waals surface area contributed by atoms with Gasteiger partial charge in [0.05, 0.1) is 6.61 Å². The molecule has 0 amide bonds. The van der Waals surface area contributed by atoms with Crippen molar-refractivity contribution in [1.29, 1.82) is 0 Å². The summed E-state index contributed by atoms with van der Waals surface area (Å²) >= 11 is 0. The van der Waals surface area contributed by atoms with E-state index in [1.165, 1.54) is 64.2 Å². The number of aliphatic hydroxyl groups excluding tert-OH is 1. The maximum atomic E-state index is 12.1. The molecule has 0 rings (SSSR count). The molecule has 0 spiro atoms. The van der Waals surface area contributed by atoms with Crippen LogP contribution in [-0.2, 0) is 19.1 Å². The molecule has 0 aliphatic heterocycles. The maximum absolute atomic E-state index is 12.1. The molecule has 0 heterocycles. The molecule has 1 N–H and O–H groups in total. The highest BCUT2D eigenvalue weighted by atomic mass is 16.6. The Morgan fingerprint density at radius 3 is 1.45 bits per heavy atom. The lowest BCUT2D eigenvalue weighted by Gasteiger charge is -2.15. The fraction of sp³-hybridized carbons (Fsp3) is 0.692. The largest absolute Gasteiger partial charge is 0.462 e. The number of ether oxygens (including phenoxy) is 2. The molecule has 0 fully saturated rings. The van der Waals surface area contributed by atoms with E-state index in [9.17, 15) is 14.7 Å². The lowest BCUT2D eigenvalue weighted by molar-refractivity contribution is -0.161. The summed E-state index contributed by atoms with van der Waals surface area (Å²) in [6, 6.07) is 0. The van der Waals surface area contributed by atoms with Gasteiger partial charge >= 0.3 is 11.9 Å². The normalized spacial score (nSPS) is 12.9. The molecule has 1 atom stereocenters. The summed E-state index contributed by atoms with van der Waals surface area (Å²) in [7, 11) is 0. The first kappa shape index (κ1) is 41.6. The summed E-state index contributed by atoms with van der Waals surface area (Å²) in [6.45, 7) is 3.95. The van der Waals surface area contributed by atoms with E-state index in [-0.39, 0.29) is 25.2 Å². The minimum absolute atomic E-state index is 0.0959. The molecule has 0 saturated carbocycles. The van der Waals surface area contributed by atoms with Crippen LogP contribution < -0.4 is 0 Å². The molecule has 0 aliphatic rings. The molecule has 0 unspecified atom stereocenters. The van der Waals surface area contributed by atoms with Gasteiger partial charge in [-0.2, -0.15) is 0 Å². The van der Waals surface area contributed by atoms with Gasteiger partial charge in [-0.05, 0) is 51.4 Å². The molecule has 0 saturated heterocycles. The standard InChI is InChI=1S/C39H66O5/c1-3-5-7-9-11-13-15-17-18-19-20-22-23-25-27-29-31-33-38(41)43-36-37(35-40)44-39(42)34-32-30-28-26-24-21-16-14-12-10-8-6-4-2/h5,7,11,13,17-18,20,22,25,27,37,40H,3-4,6,8-10,12,14-16,19,21,23-24,26,28-36H2,1-2H3/t37-/m0/s1. The molecule has 0 aromatic carbocycles. The lowest BCUT2D eigenvalue weighted by atomic mass is 10.0. The Morgan fingerprint density at radius 1 is 0.545 bits per heavy atom. The molecule has 44 heavy (non-hydrogen) atoms. The smallest absolute Gasteiger partial charge is 0.306 e. The van der Waals surface area contributed by atoms with E-state index in [0.717, 1.165) is 57.8 Å². The first-order valence-corrected chi connectivity index (χ1v) is 17.8. The Hall–Kier alpha value is -2.40. The van der Waals surface area contributed by atoms with Crippen molar-refractivity contribution in [1.82, 2.24) is 0 Å². The van der Waals surface area contributed by atoms with Crippen LogP contribution in [0.2, 0.25) is 0 Å². The molecular weight excluding hydrogens is 548 g/mol. The van der Waals surface area contributed by atoms with Crippen molar-refractivity contribution >= 4 is 11.9 Å². The summed E-state index contributed by atoms with van der Waals surface area (Å²) in [6.07, 6.45) is 44.2. The van der Waals surface area contributed by atoms with Crippen LogP contribution in [0.15, 0.2) is 60.8 Å². The number of carbonyl (C=O) groups excluding carboxylic acids is 2. The Balaban J connectivity index is 3.70. The van der Waals surface area contributed by atoms with Gasteiger partial charge in [0.2, 0.25) is 0 Å². The molecular formula is C39H66O5. The van der Waals surface area contributed by atoms with Crippen molar-refractivity contribution < 1.29 is 24.2 Å². The molecule has 0 aliphatic carbocycles. The van der Waals surface area contributed by atoms with Gasteiger partial charge < -0.3 is 14.6 Å². The number of hydrogen-bond donors (Lipinski definition) is 1. The summed E-state index contributed by atoms with van der Waals surface area (Å²) < 4.78 is 10.5. The van der Waals surface area contributed by atoms with Gasteiger partial charge in [-0.1, -0.05) is 152 Å². The van der Waals surface area contributed by atoms with Crippen LogP contribution in [-0.4, -0.2) is 36.4 Å². The van der Waals surface area contributed by atoms with Gasteiger partial charge in [0, 0.05) is 12.8 Å². The molecule has 0 aromatic rings. The Morgan fingerprint density at radius 2 is 0.977 bits per heavy atom. The third-order valence-electron chi connectivity index (χ3n) is 7.33. The molecule has 5 nitrogen and oxygen atoms in total. The van der Waals surface area contributed by atoms with Gasteiger partial charge in [-0.3, -0.25) is 9.59 Å². The van der Waals surface area contributed by atoms with Gasteiger partial charge in [-0.15, -0.1) is 0 Å². The summed E-state index contributed by atoms with van der Waals surface area (Å²) in [5.41, 5.74) is 0. The quantitative estimate of drug-likeness (QED) is 0.0478. The van der Waals surface area contributed by atoms with E-state index >= 15 is 0 Å². The van der Waals surface area contributed by atoms with E-state index < -0.39 is 6.10 Å². The second-order valence-corrected chi connectivity index (χ2v) is 11.6. The highest BCUT2D eigenvalue weighted by Crippen LogP contribution is 2.13. The number of hydrogen-bond acceptors (Lipinski definition) is 5. The van der Waals surface area contributed by atoms with Gasteiger partial charge in [0.15, 0.2) is 6.10 Å². The van der Waals surface area contributed by atoms with Gasteiger partial charge in [0.1, 0.15) is 6.61 Å². The molecule has 0 radical (unpaired) electrons. The van der Waals surface area contributed by atoms with Gasteiger partial charge in [-0.25, -0.2) is 0 Å². The van der Waals surface area contributed by atoms with E-state index in [4.69, 9.17) is 9.47 Å². The average Bonchev–Trinajstić information content (AvgIpc) is 3.02. The zero-order chi connectivity index (χ0) is 32.2. The summed E-state index contributed by atoms with van der Waals surface area (Å²) in [5.74, 6) is -0.662. The summed E-state index contributed by atoms with van der Waals surface area (Å²) in [4.78, 5) is 24.1. The number of esters is 2. The molecule has 5 heteroatoms. The topological polar surface area (TPSA) is 72.8 Å². The third-order valence-corrected chi connectivity index (χ3v) is 7.33. The minimum Gasteiger partial charge on any atom is -0.462 e. The average molecular weight is 615 g/mol. The van der Waals surface area contributed by atoms with E-state index in [2.05, 4.69) is 74.6 Å². The first-order chi connectivity index (χ1) is 21.6. The van der Waals surface area contributed by atoms with Crippen molar-refractivity contribution in [2.24, 2.45) is 0 Å². The monoisotopic (exact) mass is 614 g/mol. The van der Waals surface area contributed by atoms with Crippen LogP contribution in [0.25, 0.3) is 0 Å². The van der Waals surface area contributed by atoms with Crippen LogP contribution >= 0.6 is 0 Å². The fourth-order valence-electron chi connectivity index (χ4n) is 4.65. The number of allylic oxidation sites excluding steroid dienone is 10. The number of aliphatic hydroxyl groups is 1. The zero-order valence-electron chi connectivity index (χ0n) is 28.4. The number of rotatable bonds is 31. The van der Waals surface area contributed by atoms with Crippen molar-refractivity contribution in [3.63, 3.8) is 0 Å². The number of unbranched alkanes of at least 4 members (excludes halogenated alkanes) is 13. The van der Waals surface area contributed by atoms with E-state index in [1.54, 1.807) is 0 Å². The minimum atomic E-state index is -0.792. The van der Waals surface area contributed by atoms with Crippen LogP contribution in [0.5, 0.6) is 0 Å². The molecule has 0 bridgehead atoms. The highest BCUT2D eigenvalue weighted by Gasteiger charge is 2.16.